The van der Waals surface area contributed by atoms with Gasteiger partial charge < -0.3 is 0 Å². The Kier molecular flexibility index (Phi) is 2.10. The van der Waals surface area contributed by atoms with E-state index < -0.39 is 0 Å². The van der Waals surface area contributed by atoms with Crippen molar-refractivity contribution in [1.29, 1.82) is 0 Å². The first-order valence-corrected chi connectivity index (χ1v) is 4.98. The van der Waals surface area contributed by atoms with Gasteiger partial charge in [-0.15, -0.1) is 0 Å². The van der Waals surface area contributed by atoms with Gasteiger partial charge in [0, 0.05) is 5.02 Å². The molecule has 1 fully saturated rings. The molecule has 0 radical (unpaired) electrons. The second kappa shape index (κ2) is 3.10. The van der Waals surface area contributed by atoms with Crippen LogP contribution in [0.2, 0.25) is 5.02 Å². The smallest absolute Gasteiger partial charge is 0.0440 e. The van der Waals surface area contributed by atoms with Gasteiger partial charge in [-0.2, -0.15) is 0 Å². The zero-order chi connectivity index (χ0) is 8.55. The highest BCUT2D eigenvalue weighted by Gasteiger charge is 2.25. The van der Waals surface area contributed by atoms with E-state index in [9.17, 15) is 0 Å². The Morgan fingerprint density at radius 3 is 2.75 bits per heavy atom. The highest BCUT2D eigenvalue weighted by molar-refractivity contribution is 6.31. The molecule has 0 saturated heterocycles. The molecule has 1 aromatic carbocycles. The topological polar surface area (TPSA) is 0 Å². The molecule has 1 aliphatic carbocycles. The van der Waals surface area contributed by atoms with Crippen molar-refractivity contribution in [1.82, 2.24) is 0 Å². The first kappa shape index (κ1) is 8.12. The predicted molar refractivity (Wildman–Crippen MR) is 52.8 cm³/mol. The lowest BCUT2D eigenvalue weighted by atomic mass is 10.0. The lowest BCUT2D eigenvalue weighted by molar-refractivity contribution is 1.03. The number of hydrogen-bond donors (Lipinski definition) is 0. The average molecular weight is 181 g/mol. The van der Waals surface area contributed by atoms with Gasteiger partial charge in [0.25, 0.3) is 0 Å². The number of benzene rings is 1. The van der Waals surface area contributed by atoms with E-state index in [2.05, 4.69) is 19.1 Å². The van der Waals surface area contributed by atoms with Crippen molar-refractivity contribution in [3.63, 3.8) is 0 Å². The summed E-state index contributed by atoms with van der Waals surface area (Å²) < 4.78 is 0. The van der Waals surface area contributed by atoms with Crippen LogP contribution in [0.25, 0.3) is 0 Å². The molecule has 1 aliphatic rings. The number of hydrogen-bond acceptors (Lipinski definition) is 0. The van der Waals surface area contributed by atoms with Gasteiger partial charge in [-0.3, -0.25) is 0 Å². The van der Waals surface area contributed by atoms with Crippen LogP contribution in [-0.4, -0.2) is 0 Å². The van der Waals surface area contributed by atoms with Crippen molar-refractivity contribution in [2.45, 2.75) is 32.1 Å². The van der Waals surface area contributed by atoms with Crippen LogP contribution >= 0.6 is 11.6 Å². The van der Waals surface area contributed by atoms with Crippen LogP contribution in [0.4, 0.5) is 0 Å². The molecule has 0 aromatic heterocycles. The minimum absolute atomic E-state index is 0.818. The summed E-state index contributed by atoms with van der Waals surface area (Å²) in [7, 11) is 0. The molecular weight excluding hydrogens is 168 g/mol. The molecule has 2 rings (SSSR count). The lowest BCUT2D eigenvalue weighted by Gasteiger charge is -2.07. The van der Waals surface area contributed by atoms with Crippen LogP contribution in [0.5, 0.6) is 0 Å². The van der Waals surface area contributed by atoms with E-state index in [4.69, 9.17) is 11.6 Å². The SMILES string of the molecule is CCc1c(Cl)cccc1C1CC1. The van der Waals surface area contributed by atoms with Crippen LogP contribution in [0.1, 0.15) is 36.8 Å². The highest BCUT2D eigenvalue weighted by Crippen LogP contribution is 2.43. The molecule has 1 aromatic rings. The van der Waals surface area contributed by atoms with E-state index in [1.54, 1.807) is 0 Å². The Morgan fingerprint density at radius 1 is 1.42 bits per heavy atom. The predicted octanol–water partition coefficient (Wildman–Crippen LogP) is 3.78. The van der Waals surface area contributed by atoms with E-state index in [1.165, 1.54) is 24.0 Å². The quantitative estimate of drug-likeness (QED) is 0.650. The summed E-state index contributed by atoms with van der Waals surface area (Å²) in [5, 5.41) is 0.946. The molecule has 0 amide bonds. The maximum Gasteiger partial charge on any atom is 0.0440 e. The largest absolute Gasteiger partial charge is 0.0840 e. The minimum Gasteiger partial charge on any atom is -0.0840 e. The monoisotopic (exact) mass is 180 g/mol. The fourth-order valence-electron chi connectivity index (χ4n) is 1.73. The minimum atomic E-state index is 0.818. The van der Waals surface area contributed by atoms with Crippen molar-refractivity contribution in [3.05, 3.63) is 34.3 Å². The standard InChI is InChI=1S/C11H13Cl/c1-2-9-10(8-6-7-8)4-3-5-11(9)12/h3-5,8H,2,6-7H2,1H3. The van der Waals surface area contributed by atoms with Gasteiger partial charge in [0.2, 0.25) is 0 Å². The van der Waals surface area contributed by atoms with Gasteiger partial charge in [-0.1, -0.05) is 30.7 Å². The molecule has 0 spiro atoms. The maximum absolute atomic E-state index is 6.10. The normalized spacial score (nSPS) is 16.5. The van der Waals surface area contributed by atoms with Gasteiger partial charge >= 0.3 is 0 Å². The molecule has 12 heavy (non-hydrogen) atoms. The molecule has 0 unspecified atom stereocenters. The fourth-order valence-corrected chi connectivity index (χ4v) is 2.04. The maximum atomic E-state index is 6.10. The van der Waals surface area contributed by atoms with Gasteiger partial charge in [-0.25, -0.2) is 0 Å². The Labute approximate surface area is 78.6 Å². The lowest BCUT2D eigenvalue weighted by Crippen LogP contribution is -1.90. The third-order valence-electron chi connectivity index (χ3n) is 2.53. The highest BCUT2D eigenvalue weighted by atomic mass is 35.5. The molecule has 0 heterocycles. The zero-order valence-corrected chi connectivity index (χ0v) is 8.06. The third kappa shape index (κ3) is 1.36. The molecule has 1 heteroatoms. The van der Waals surface area contributed by atoms with Crippen molar-refractivity contribution in [3.8, 4) is 0 Å². The zero-order valence-electron chi connectivity index (χ0n) is 7.31. The fraction of sp³-hybridized carbons (Fsp3) is 0.455. The van der Waals surface area contributed by atoms with Gasteiger partial charge in [0.15, 0.2) is 0 Å². The molecule has 1 saturated carbocycles. The summed E-state index contributed by atoms with van der Waals surface area (Å²) in [4.78, 5) is 0. The Bertz CT molecular complexity index is 287. The summed E-state index contributed by atoms with van der Waals surface area (Å²) in [5.74, 6) is 0.818. The molecule has 0 bridgehead atoms. The molecule has 0 atom stereocenters. The third-order valence-corrected chi connectivity index (χ3v) is 2.88. The van der Waals surface area contributed by atoms with E-state index >= 15 is 0 Å². The molecular formula is C11H13Cl. The average Bonchev–Trinajstić information content (AvgIpc) is 2.86. The van der Waals surface area contributed by atoms with Crippen molar-refractivity contribution < 1.29 is 0 Å². The second-order valence-electron chi connectivity index (χ2n) is 3.44. The Morgan fingerprint density at radius 2 is 2.17 bits per heavy atom. The molecule has 64 valence electrons. The van der Waals surface area contributed by atoms with E-state index in [-0.39, 0.29) is 0 Å². The molecule has 0 nitrogen and oxygen atoms in total. The summed E-state index contributed by atoms with van der Waals surface area (Å²) in [6, 6.07) is 6.28. The van der Waals surface area contributed by atoms with Crippen molar-refractivity contribution >= 4 is 11.6 Å². The Balaban J connectivity index is 2.43. The van der Waals surface area contributed by atoms with Crippen LogP contribution < -0.4 is 0 Å². The van der Waals surface area contributed by atoms with Crippen molar-refractivity contribution in [2.24, 2.45) is 0 Å². The van der Waals surface area contributed by atoms with Gasteiger partial charge in [0.05, 0.1) is 0 Å². The van der Waals surface area contributed by atoms with Crippen LogP contribution in [0, 0.1) is 0 Å². The van der Waals surface area contributed by atoms with Crippen LogP contribution in [-0.2, 0) is 6.42 Å². The molecule has 0 aliphatic heterocycles. The van der Waals surface area contributed by atoms with E-state index in [0.717, 1.165) is 17.4 Å². The number of rotatable bonds is 2. The first-order valence-electron chi connectivity index (χ1n) is 4.60. The van der Waals surface area contributed by atoms with Crippen LogP contribution in [0.15, 0.2) is 18.2 Å². The van der Waals surface area contributed by atoms with Crippen molar-refractivity contribution in [2.75, 3.05) is 0 Å². The molecule has 0 N–H and O–H groups in total. The van der Waals surface area contributed by atoms with E-state index in [1.807, 2.05) is 6.07 Å². The summed E-state index contributed by atoms with van der Waals surface area (Å²) in [6.07, 6.45) is 3.77. The van der Waals surface area contributed by atoms with Gasteiger partial charge in [-0.05, 0) is 42.4 Å². The summed E-state index contributed by atoms with van der Waals surface area (Å²) >= 11 is 6.10. The summed E-state index contributed by atoms with van der Waals surface area (Å²) in [5.41, 5.74) is 2.85. The van der Waals surface area contributed by atoms with E-state index in [0.29, 0.717) is 0 Å². The summed E-state index contributed by atoms with van der Waals surface area (Å²) in [6.45, 7) is 2.17. The second-order valence-corrected chi connectivity index (χ2v) is 3.84. The van der Waals surface area contributed by atoms with Gasteiger partial charge in [0.1, 0.15) is 0 Å². The number of halogens is 1. The van der Waals surface area contributed by atoms with Crippen LogP contribution in [0.3, 0.4) is 0 Å². The first-order chi connectivity index (χ1) is 5.83. The Hall–Kier alpha value is -0.490.